The van der Waals surface area contributed by atoms with E-state index in [1.165, 1.54) is 4.90 Å². The molecule has 0 saturated heterocycles. The molecule has 1 aromatic heterocycles. The normalized spacial score (nSPS) is 14.8. The molecule has 3 aromatic rings. The minimum absolute atomic E-state index is 0.00789. The molecule has 3 heterocycles. The highest BCUT2D eigenvalue weighted by Crippen LogP contribution is 2.36. The molecule has 0 bridgehead atoms. The topological polar surface area (TPSA) is 110 Å². The maximum absolute atomic E-state index is 14.0. The number of carbonyl (C=O) groups excluding carboxylic acids is 2. The number of rotatable bonds is 5. The van der Waals surface area contributed by atoms with E-state index in [0.717, 1.165) is 29.7 Å². The molecule has 36 heavy (non-hydrogen) atoms. The molecule has 0 atom stereocenters. The lowest BCUT2D eigenvalue weighted by Gasteiger charge is -2.31. The van der Waals surface area contributed by atoms with Crippen LogP contribution in [0.1, 0.15) is 40.4 Å². The zero-order valence-electron chi connectivity index (χ0n) is 20.1. The number of aliphatic hydroxyl groups excluding tert-OH is 1. The van der Waals surface area contributed by atoms with Gasteiger partial charge in [0.2, 0.25) is 0 Å². The maximum Gasteiger partial charge on any atom is 0.410 e. The smallest absolute Gasteiger partial charge is 0.410 e. The lowest BCUT2D eigenvalue weighted by atomic mass is 9.95. The molecule has 2 aromatic carbocycles. The van der Waals surface area contributed by atoms with Crippen LogP contribution in [0.15, 0.2) is 45.6 Å². The molecule has 0 aliphatic carbocycles. The third-order valence-corrected chi connectivity index (χ3v) is 6.67. The van der Waals surface area contributed by atoms with Gasteiger partial charge in [0, 0.05) is 24.2 Å². The van der Waals surface area contributed by atoms with E-state index in [-0.39, 0.29) is 49.2 Å². The molecule has 0 spiro atoms. The number of aryl methyl sites for hydroxylation is 1. The summed E-state index contributed by atoms with van der Waals surface area (Å²) in [6, 6.07) is 11.2. The first-order valence-electron chi connectivity index (χ1n) is 12.2. The average molecular weight is 493 g/mol. The van der Waals surface area contributed by atoms with E-state index in [9.17, 15) is 19.5 Å². The second-order valence-electron chi connectivity index (χ2n) is 8.79. The lowest BCUT2D eigenvalue weighted by molar-refractivity contribution is 0.0979. The summed E-state index contributed by atoms with van der Waals surface area (Å²) < 4.78 is 16.6. The monoisotopic (exact) mass is 492 g/mol. The zero-order chi connectivity index (χ0) is 25.2. The van der Waals surface area contributed by atoms with Gasteiger partial charge in [-0.15, -0.1) is 0 Å². The van der Waals surface area contributed by atoms with Crippen LogP contribution >= 0.6 is 0 Å². The number of anilines is 1. The van der Waals surface area contributed by atoms with E-state index in [1.807, 2.05) is 24.3 Å². The highest BCUT2D eigenvalue weighted by molar-refractivity contribution is 6.15. The van der Waals surface area contributed by atoms with Crippen LogP contribution in [0.2, 0.25) is 0 Å². The molecule has 2 amide bonds. The Kier molecular flexibility index (Phi) is 6.65. The van der Waals surface area contributed by atoms with Gasteiger partial charge in [-0.2, -0.15) is 0 Å². The van der Waals surface area contributed by atoms with Crippen molar-refractivity contribution in [1.29, 1.82) is 0 Å². The van der Waals surface area contributed by atoms with Crippen LogP contribution in [-0.2, 0) is 24.1 Å². The van der Waals surface area contributed by atoms with Gasteiger partial charge in [-0.25, -0.2) is 9.59 Å². The van der Waals surface area contributed by atoms with Gasteiger partial charge in [-0.05, 0) is 55.5 Å². The lowest BCUT2D eigenvalue weighted by Crippen LogP contribution is -2.39. The van der Waals surface area contributed by atoms with Crippen molar-refractivity contribution in [3.63, 3.8) is 0 Å². The molecule has 188 valence electrons. The van der Waals surface area contributed by atoms with Crippen molar-refractivity contribution in [2.24, 2.45) is 0 Å². The summed E-state index contributed by atoms with van der Waals surface area (Å²) in [4.78, 5) is 42.5. The van der Waals surface area contributed by atoms with E-state index < -0.39 is 11.7 Å². The van der Waals surface area contributed by atoms with Crippen molar-refractivity contribution < 1.29 is 28.6 Å². The van der Waals surface area contributed by atoms with Crippen LogP contribution in [-0.4, -0.2) is 54.9 Å². The van der Waals surface area contributed by atoms with Gasteiger partial charge < -0.3 is 28.8 Å². The fourth-order valence-corrected chi connectivity index (χ4v) is 5.04. The number of nitrogens with zero attached hydrogens (tertiary/aromatic N) is 2. The van der Waals surface area contributed by atoms with Crippen LogP contribution < -0.4 is 15.3 Å². The summed E-state index contributed by atoms with van der Waals surface area (Å²) >= 11 is 0. The minimum Gasteiger partial charge on any atom is -0.490 e. The van der Waals surface area contributed by atoms with Crippen molar-refractivity contribution in [2.45, 2.75) is 32.7 Å². The number of hydrogen-bond donors (Lipinski definition) is 1. The van der Waals surface area contributed by atoms with Crippen molar-refractivity contribution in [3.8, 4) is 5.75 Å². The van der Waals surface area contributed by atoms with Gasteiger partial charge in [0.15, 0.2) is 5.58 Å². The number of amides is 2. The number of fused-ring (bicyclic) bond motifs is 4. The molecular formula is C27H28N2O7. The van der Waals surface area contributed by atoms with Crippen molar-refractivity contribution in [2.75, 3.05) is 37.8 Å². The van der Waals surface area contributed by atoms with Crippen molar-refractivity contribution in [3.05, 3.63) is 69.1 Å². The van der Waals surface area contributed by atoms with E-state index >= 15 is 0 Å². The quantitative estimate of drug-likeness (QED) is 0.545. The number of carbonyl (C=O) groups is 2. The summed E-state index contributed by atoms with van der Waals surface area (Å²) in [5, 5.41) is 9.96. The minimum atomic E-state index is -0.598. The SMILES string of the molecule is CCOC(=O)N1CCc2c(c(=O)oc3c(C(=O)N4CCCc5ccccc54)c(OCCO)ccc23)C1. The molecule has 2 aliphatic heterocycles. The van der Waals surface area contributed by atoms with Gasteiger partial charge in [0.25, 0.3) is 5.91 Å². The maximum atomic E-state index is 14.0. The van der Waals surface area contributed by atoms with Crippen molar-refractivity contribution in [1.82, 2.24) is 4.90 Å². The highest BCUT2D eigenvalue weighted by atomic mass is 16.6. The van der Waals surface area contributed by atoms with Gasteiger partial charge in [-0.1, -0.05) is 18.2 Å². The van der Waals surface area contributed by atoms with E-state index in [4.69, 9.17) is 13.9 Å². The molecular weight excluding hydrogens is 464 g/mol. The van der Waals surface area contributed by atoms with Crippen LogP contribution in [0, 0.1) is 0 Å². The van der Waals surface area contributed by atoms with Gasteiger partial charge >= 0.3 is 11.7 Å². The molecule has 0 radical (unpaired) electrons. The van der Waals surface area contributed by atoms with Crippen LogP contribution in [0.25, 0.3) is 11.0 Å². The second-order valence-corrected chi connectivity index (χ2v) is 8.79. The van der Waals surface area contributed by atoms with Gasteiger partial charge in [-0.3, -0.25) is 4.79 Å². The Balaban J connectivity index is 1.63. The molecule has 9 heteroatoms. The number of benzene rings is 2. The number of para-hydroxylation sites is 1. The summed E-state index contributed by atoms with van der Waals surface area (Å²) in [7, 11) is 0. The molecule has 1 N–H and O–H groups in total. The number of aliphatic hydroxyl groups is 1. The predicted molar refractivity (Wildman–Crippen MR) is 133 cm³/mol. The Morgan fingerprint density at radius 2 is 1.92 bits per heavy atom. The molecule has 2 aliphatic rings. The van der Waals surface area contributed by atoms with Crippen LogP contribution in [0.3, 0.4) is 0 Å². The molecule has 0 unspecified atom stereocenters. The average Bonchev–Trinajstić information content (AvgIpc) is 2.91. The van der Waals surface area contributed by atoms with Crippen molar-refractivity contribution >= 4 is 28.7 Å². The Hall–Kier alpha value is -3.85. The van der Waals surface area contributed by atoms with Crippen LogP contribution in [0.5, 0.6) is 5.75 Å². The Morgan fingerprint density at radius 1 is 1.08 bits per heavy atom. The van der Waals surface area contributed by atoms with Gasteiger partial charge in [0.1, 0.15) is 17.9 Å². The molecule has 9 nitrogen and oxygen atoms in total. The molecule has 5 rings (SSSR count). The summed E-state index contributed by atoms with van der Waals surface area (Å²) in [6.07, 6.45) is 1.63. The Bertz CT molecular complexity index is 1380. The first-order valence-corrected chi connectivity index (χ1v) is 12.2. The largest absolute Gasteiger partial charge is 0.490 e. The fraction of sp³-hybridized carbons (Fsp3) is 0.370. The fourth-order valence-electron chi connectivity index (χ4n) is 5.04. The predicted octanol–water partition coefficient (Wildman–Crippen LogP) is 3.27. The van der Waals surface area contributed by atoms with E-state index in [1.54, 1.807) is 24.0 Å². The zero-order valence-corrected chi connectivity index (χ0v) is 20.1. The first-order chi connectivity index (χ1) is 17.5. The second kappa shape index (κ2) is 10.0. The van der Waals surface area contributed by atoms with E-state index in [2.05, 4.69) is 0 Å². The van der Waals surface area contributed by atoms with Crippen LogP contribution in [0.4, 0.5) is 10.5 Å². The summed E-state index contributed by atoms with van der Waals surface area (Å²) in [6.45, 7) is 2.73. The van der Waals surface area contributed by atoms with Gasteiger partial charge in [0.05, 0.1) is 25.3 Å². The highest BCUT2D eigenvalue weighted by Gasteiger charge is 2.32. The summed E-state index contributed by atoms with van der Waals surface area (Å²) in [5.74, 6) is -0.0792. The third kappa shape index (κ3) is 4.19. The number of hydrogen-bond acceptors (Lipinski definition) is 7. The Morgan fingerprint density at radius 3 is 2.72 bits per heavy atom. The molecule has 0 saturated carbocycles. The third-order valence-electron chi connectivity index (χ3n) is 6.67. The standard InChI is InChI=1S/C27H28N2O7/c1-2-34-27(33)28-13-11-18-19-9-10-22(35-15-14-30)23(24(19)36-26(32)20(18)16-28)25(31)29-12-5-7-17-6-3-4-8-21(17)29/h3-4,6,8-10,30H,2,5,7,11-16H2,1H3. The van der Waals surface area contributed by atoms with E-state index in [0.29, 0.717) is 30.5 Å². The first kappa shape index (κ1) is 23.9. The summed E-state index contributed by atoms with van der Waals surface area (Å²) in [5.41, 5.74) is 2.75. The number of ether oxygens (including phenoxy) is 2. The Labute approximate surface area is 207 Å². The molecule has 0 fully saturated rings.